The third kappa shape index (κ3) is 1.08. The Hall–Kier alpha value is -0.503. The minimum absolute atomic E-state index is 0. The lowest BCUT2D eigenvalue weighted by Gasteiger charge is -1.50. The lowest BCUT2D eigenvalue weighted by molar-refractivity contribution is 0.567. The summed E-state index contributed by atoms with van der Waals surface area (Å²) >= 11 is 0. The van der Waals surface area contributed by atoms with Gasteiger partial charge in [-0.15, -0.1) is 0 Å². The standard InChI is InChI=1S/C4H4O.Si/c1-2-4-5-3-1;/h1-4H;. The van der Waals surface area contributed by atoms with E-state index in [0.29, 0.717) is 0 Å². The molecule has 1 nitrogen and oxygen atoms in total. The minimum atomic E-state index is 0. The summed E-state index contributed by atoms with van der Waals surface area (Å²) in [4.78, 5) is 0. The van der Waals surface area contributed by atoms with Crippen molar-refractivity contribution in [3.8, 4) is 0 Å². The fraction of sp³-hybridized carbons (Fsp3) is 0. The second kappa shape index (κ2) is 2.72. The van der Waals surface area contributed by atoms with Crippen LogP contribution in [0.2, 0.25) is 0 Å². The van der Waals surface area contributed by atoms with Gasteiger partial charge in [0.05, 0.1) is 12.5 Å². The van der Waals surface area contributed by atoms with E-state index < -0.39 is 0 Å². The van der Waals surface area contributed by atoms with Crippen molar-refractivity contribution in [3.63, 3.8) is 0 Å². The van der Waals surface area contributed by atoms with Crippen LogP contribution in [0, 0.1) is 0 Å². The van der Waals surface area contributed by atoms with E-state index >= 15 is 0 Å². The van der Waals surface area contributed by atoms with Crippen molar-refractivity contribution in [3.05, 3.63) is 24.7 Å². The molecule has 30 valence electrons. The second-order valence-electron chi connectivity index (χ2n) is 0.793. The van der Waals surface area contributed by atoms with Crippen LogP contribution in [0.3, 0.4) is 0 Å². The van der Waals surface area contributed by atoms with Crippen LogP contribution in [0.25, 0.3) is 0 Å². The normalized spacial score (nSPS) is 6.67. The van der Waals surface area contributed by atoms with Crippen LogP contribution < -0.4 is 0 Å². The van der Waals surface area contributed by atoms with E-state index in [9.17, 15) is 0 Å². The summed E-state index contributed by atoms with van der Waals surface area (Å²) in [5.74, 6) is 0. The molecule has 0 spiro atoms. The molecule has 0 amide bonds. The molecular formula is C4H4OSi. The summed E-state index contributed by atoms with van der Waals surface area (Å²) in [5, 5.41) is 0. The van der Waals surface area contributed by atoms with Gasteiger partial charge in [0.15, 0.2) is 0 Å². The predicted octanol–water partition coefficient (Wildman–Crippen LogP) is 0.899. The van der Waals surface area contributed by atoms with E-state index in [0.717, 1.165) is 0 Å². The summed E-state index contributed by atoms with van der Waals surface area (Å²) < 4.78 is 4.58. The molecule has 0 atom stereocenters. The number of hydrogen-bond acceptors (Lipinski definition) is 1. The van der Waals surface area contributed by atoms with Gasteiger partial charge in [-0.05, 0) is 12.1 Å². The van der Waals surface area contributed by atoms with Gasteiger partial charge in [0.25, 0.3) is 0 Å². The van der Waals surface area contributed by atoms with Crippen molar-refractivity contribution >= 4 is 11.0 Å². The van der Waals surface area contributed by atoms with E-state index in [1.165, 1.54) is 0 Å². The third-order valence-corrected chi connectivity index (χ3v) is 0.425. The zero-order chi connectivity index (χ0) is 3.54. The summed E-state index contributed by atoms with van der Waals surface area (Å²) in [7, 11) is 0. The smallest absolute Gasteiger partial charge is 0.0902 e. The van der Waals surface area contributed by atoms with E-state index in [4.69, 9.17) is 0 Å². The Bertz CT molecular complexity index is 64.0. The van der Waals surface area contributed by atoms with Gasteiger partial charge in [0.1, 0.15) is 0 Å². The minimum Gasteiger partial charge on any atom is -0.473 e. The largest absolute Gasteiger partial charge is 0.473 e. The highest BCUT2D eigenvalue weighted by Gasteiger charge is 1.58. The topological polar surface area (TPSA) is 13.1 Å². The van der Waals surface area contributed by atoms with Crippen molar-refractivity contribution < 1.29 is 4.42 Å². The zero-order valence-corrected chi connectivity index (χ0v) is 4.22. The molecule has 2 heteroatoms. The first kappa shape index (κ1) is 5.50. The van der Waals surface area contributed by atoms with Crippen molar-refractivity contribution in [2.75, 3.05) is 0 Å². The number of hydrogen-bond donors (Lipinski definition) is 0. The molecule has 0 aliphatic heterocycles. The van der Waals surface area contributed by atoms with E-state index in [-0.39, 0.29) is 11.0 Å². The fourth-order valence-corrected chi connectivity index (χ4v) is 0.227. The first-order chi connectivity index (χ1) is 2.50. The molecule has 0 aliphatic carbocycles. The summed E-state index contributed by atoms with van der Waals surface area (Å²) in [6.07, 6.45) is 3.25. The first-order valence-corrected chi connectivity index (χ1v) is 1.47. The van der Waals surface area contributed by atoms with Crippen molar-refractivity contribution in [1.82, 2.24) is 0 Å². The Balaban J connectivity index is 0.000000250. The molecule has 0 unspecified atom stereocenters. The maximum Gasteiger partial charge on any atom is 0.0902 e. The Kier molecular flexibility index (Phi) is 2.49. The second-order valence-corrected chi connectivity index (χ2v) is 0.793. The van der Waals surface area contributed by atoms with Crippen LogP contribution in [0.5, 0.6) is 0 Å². The molecule has 1 aromatic rings. The molecule has 0 saturated heterocycles. The number of rotatable bonds is 0. The first-order valence-electron chi connectivity index (χ1n) is 1.47. The molecule has 0 aliphatic rings. The van der Waals surface area contributed by atoms with Gasteiger partial charge in [0, 0.05) is 11.0 Å². The van der Waals surface area contributed by atoms with Crippen LogP contribution in [0.4, 0.5) is 0 Å². The summed E-state index contributed by atoms with van der Waals surface area (Å²) in [6, 6.07) is 3.67. The number of furan rings is 1. The SMILES string of the molecule is [Si].c1ccoc1. The van der Waals surface area contributed by atoms with E-state index in [1.807, 2.05) is 12.1 Å². The molecule has 0 bridgehead atoms. The highest BCUT2D eigenvalue weighted by Crippen LogP contribution is 1.79. The highest BCUT2D eigenvalue weighted by molar-refractivity contribution is 5.75. The average Bonchev–Trinajstić information content (AvgIpc) is 1.76. The van der Waals surface area contributed by atoms with Gasteiger partial charge in [-0.25, -0.2) is 0 Å². The van der Waals surface area contributed by atoms with Crippen molar-refractivity contribution in [2.45, 2.75) is 0 Å². The molecule has 1 heterocycles. The molecule has 1 rings (SSSR count). The fourth-order valence-electron chi connectivity index (χ4n) is 0.227. The Morgan fingerprint density at radius 3 is 1.67 bits per heavy atom. The van der Waals surface area contributed by atoms with Gasteiger partial charge in [-0.2, -0.15) is 0 Å². The lowest BCUT2D eigenvalue weighted by Crippen LogP contribution is -1.16. The predicted molar refractivity (Wildman–Crippen MR) is 24.5 cm³/mol. The van der Waals surface area contributed by atoms with Crippen LogP contribution in [0.1, 0.15) is 0 Å². The molecule has 4 radical (unpaired) electrons. The average molecular weight is 96.2 g/mol. The molecule has 0 N–H and O–H groups in total. The van der Waals surface area contributed by atoms with E-state index in [1.54, 1.807) is 12.5 Å². The third-order valence-electron chi connectivity index (χ3n) is 0.425. The molecule has 0 fully saturated rings. The molecule has 1 aromatic heterocycles. The van der Waals surface area contributed by atoms with Crippen molar-refractivity contribution in [1.29, 1.82) is 0 Å². The van der Waals surface area contributed by atoms with Gasteiger partial charge < -0.3 is 4.42 Å². The van der Waals surface area contributed by atoms with Crippen LogP contribution in [0.15, 0.2) is 29.1 Å². The maximum absolute atomic E-state index is 4.58. The van der Waals surface area contributed by atoms with Gasteiger partial charge in [-0.3, -0.25) is 0 Å². The molecule has 6 heavy (non-hydrogen) atoms. The van der Waals surface area contributed by atoms with Gasteiger partial charge in [0.2, 0.25) is 0 Å². The van der Waals surface area contributed by atoms with Gasteiger partial charge >= 0.3 is 0 Å². The Morgan fingerprint density at radius 1 is 1.00 bits per heavy atom. The summed E-state index contributed by atoms with van der Waals surface area (Å²) in [5.41, 5.74) is 0. The van der Waals surface area contributed by atoms with Crippen LogP contribution >= 0.6 is 0 Å². The monoisotopic (exact) mass is 96.0 g/mol. The Morgan fingerprint density at radius 2 is 1.50 bits per heavy atom. The molecule has 0 saturated carbocycles. The zero-order valence-electron chi connectivity index (χ0n) is 3.22. The Labute approximate surface area is 41.0 Å². The van der Waals surface area contributed by atoms with E-state index in [2.05, 4.69) is 4.42 Å². The maximum atomic E-state index is 4.58. The molecule has 0 aromatic carbocycles. The summed E-state index contributed by atoms with van der Waals surface area (Å²) in [6.45, 7) is 0. The highest BCUT2D eigenvalue weighted by atomic mass is 28.1. The quantitative estimate of drug-likeness (QED) is 0.437. The molecular weight excluding hydrogens is 92.1 g/mol. The van der Waals surface area contributed by atoms with Crippen molar-refractivity contribution in [2.24, 2.45) is 0 Å². The van der Waals surface area contributed by atoms with Crippen LogP contribution in [-0.4, -0.2) is 11.0 Å². The lowest BCUT2D eigenvalue weighted by atomic mass is 10.7. The van der Waals surface area contributed by atoms with Gasteiger partial charge in [-0.1, -0.05) is 0 Å². The van der Waals surface area contributed by atoms with Crippen LogP contribution in [-0.2, 0) is 0 Å².